The maximum Gasteiger partial charge on any atom is 0.263 e. The summed E-state index contributed by atoms with van der Waals surface area (Å²) in [6.07, 6.45) is 0.0102. The Balaban J connectivity index is 1.75. The van der Waals surface area contributed by atoms with Crippen molar-refractivity contribution in [3.63, 3.8) is 0 Å². The summed E-state index contributed by atoms with van der Waals surface area (Å²) in [6.45, 7) is 3.41. The molecule has 0 aliphatic carbocycles. The zero-order valence-corrected chi connectivity index (χ0v) is 13.0. The molecule has 0 unspecified atom stereocenters. The van der Waals surface area contributed by atoms with Crippen LogP contribution in [-0.4, -0.2) is 57.4 Å². The van der Waals surface area contributed by atoms with E-state index in [0.717, 1.165) is 0 Å². The van der Waals surface area contributed by atoms with Gasteiger partial charge in [0.15, 0.2) is 0 Å². The Morgan fingerprint density at radius 2 is 2.23 bits per heavy atom. The van der Waals surface area contributed by atoms with Crippen molar-refractivity contribution < 1.29 is 17.9 Å². The largest absolute Gasteiger partial charge is 0.375 e. The number of morpholine rings is 1. The van der Waals surface area contributed by atoms with Crippen molar-refractivity contribution in [2.45, 2.75) is 17.9 Å². The lowest BCUT2D eigenvalue weighted by Crippen LogP contribution is -2.45. The molecule has 22 heavy (non-hydrogen) atoms. The molecule has 3 rings (SSSR count). The van der Waals surface area contributed by atoms with Crippen LogP contribution in [0.1, 0.15) is 12.5 Å². The number of aliphatic imine (C=N–C) groups is 1. The fourth-order valence-corrected chi connectivity index (χ4v) is 3.79. The van der Waals surface area contributed by atoms with Crippen LogP contribution in [-0.2, 0) is 19.6 Å². The molecule has 2 aliphatic rings. The van der Waals surface area contributed by atoms with Crippen molar-refractivity contribution in [2.24, 2.45) is 4.99 Å². The highest BCUT2D eigenvalue weighted by atomic mass is 32.2. The third-order valence-corrected chi connectivity index (χ3v) is 5.03. The zero-order valence-electron chi connectivity index (χ0n) is 12.2. The minimum absolute atomic E-state index is 0.0102. The molecule has 0 aromatic heterocycles. The van der Waals surface area contributed by atoms with E-state index in [0.29, 0.717) is 25.3 Å². The van der Waals surface area contributed by atoms with Crippen LogP contribution in [0.3, 0.4) is 0 Å². The Morgan fingerprint density at radius 1 is 1.45 bits per heavy atom. The lowest BCUT2D eigenvalue weighted by Gasteiger charge is -2.30. The summed E-state index contributed by atoms with van der Waals surface area (Å²) in [5, 5.41) is 0. The number of hydrogen-bond donors (Lipinski definition) is 1. The topological polar surface area (TPSA) is 88.1 Å². The van der Waals surface area contributed by atoms with Crippen LogP contribution < -0.4 is 4.72 Å². The van der Waals surface area contributed by atoms with E-state index in [4.69, 9.17) is 4.74 Å². The SMILES string of the molecule is C[C@H]1CN(C(=O)CN=C2NS(=O)(=O)c3ccccc32)CCO1. The Kier molecular flexibility index (Phi) is 3.88. The summed E-state index contributed by atoms with van der Waals surface area (Å²) < 4.78 is 31.7. The average molecular weight is 323 g/mol. The maximum atomic E-state index is 12.2. The first-order chi connectivity index (χ1) is 10.5. The Labute approximate surface area is 129 Å². The molecule has 1 aromatic carbocycles. The molecule has 0 spiro atoms. The molecule has 1 saturated heterocycles. The Bertz CT molecular complexity index is 729. The van der Waals surface area contributed by atoms with Crippen LogP contribution in [0.5, 0.6) is 0 Å². The number of nitrogens with one attached hydrogen (secondary N) is 1. The van der Waals surface area contributed by atoms with E-state index in [1.165, 1.54) is 6.07 Å². The van der Waals surface area contributed by atoms with Gasteiger partial charge in [0.2, 0.25) is 5.91 Å². The quantitative estimate of drug-likeness (QED) is 0.828. The molecule has 118 valence electrons. The average Bonchev–Trinajstić information content (AvgIpc) is 2.76. The van der Waals surface area contributed by atoms with Crippen molar-refractivity contribution in [1.82, 2.24) is 9.62 Å². The van der Waals surface area contributed by atoms with E-state index in [-0.39, 0.29) is 29.3 Å². The number of amidine groups is 1. The highest BCUT2D eigenvalue weighted by molar-refractivity contribution is 7.90. The monoisotopic (exact) mass is 323 g/mol. The highest BCUT2D eigenvalue weighted by Gasteiger charge is 2.30. The summed E-state index contributed by atoms with van der Waals surface area (Å²) in [7, 11) is -3.56. The van der Waals surface area contributed by atoms with E-state index in [1.807, 2.05) is 6.92 Å². The number of carbonyl (C=O) groups excluding carboxylic acids is 1. The predicted octanol–water partition coefficient (Wildman–Crippen LogP) is -0.0276. The third kappa shape index (κ3) is 2.84. The van der Waals surface area contributed by atoms with Gasteiger partial charge in [0, 0.05) is 18.7 Å². The standard InChI is InChI=1S/C14H17N3O4S/c1-10-9-17(6-7-21-10)13(18)8-15-14-11-4-2-3-5-12(11)22(19,20)16-14/h2-5,10H,6-9H2,1H3,(H,15,16)/t10-/m0/s1. The van der Waals surface area contributed by atoms with E-state index in [1.54, 1.807) is 23.1 Å². The van der Waals surface area contributed by atoms with E-state index in [2.05, 4.69) is 9.71 Å². The number of nitrogens with zero attached hydrogens (tertiary/aromatic N) is 2. The number of benzene rings is 1. The van der Waals surface area contributed by atoms with Crippen molar-refractivity contribution in [3.05, 3.63) is 29.8 Å². The van der Waals surface area contributed by atoms with Gasteiger partial charge >= 0.3 is 0 Å². The number of rotatable bonds is 2. The summed E-state index contributed by atoms with van der Waals surface area (Å²) in [5.74, 6) is 0.0940. The van der Waals surface area contributed by atoms with Crippen LogP contribution >= 0.6 is 0 Å². The predicted molar refractivity (Wildman–Crippen MR) is 80.2 cm³/mol. The molecule has 7 nitrogen and oxygen atoms in total. The molecule has 1 atom stereocenters. The summed E-state index contributed by atoms with van der Waals surface area (Å²) in [6, 6.07) is 6.59. The summed E-state index contributed by atoms with van der Waals surface area (Å²) >= 11 is 0. The number of ether oxygens (including phenoxy) is 1. The first-order valence-corrected chi connectivity index (χ1v) is 8.52. The van der Waals surface area contributed by atoms with Gasteiger partial charge in [-0.3, -0.25) is 14.5 Å². The van der Waals surface area contributed by atoms with Crippen LogP contribution in [0, 0.1) is 0 Å². The second kappa shape index (κ2) is 5.69. The van der Waals surface area contributed by atoms with Gasteiger partial charge in [-0.25, -0.2) is 8.42 Å². The van der Waals surface area contributed by atoms with Crippen molar-refractivity contribution in [3.8, 4) is 0 Å². The molecule has 0 bridgehead atoms. The summed E-state index contributed by atoms with van der Waals surface area (Å²) in [5.41, 5.74) is 0.505. The first kappa shape index (κ1) is 15.0. The van der Waals surface area contributed by atoms with Gasteiger partial charge in [0.25, 0.3) is 10.0 Å². The summed E-state index contributed by atoms with van der Waals surface area (Å²) in [4.78, 5) is 18.2. The Hall–Kier alpha value is -1.93. The molecule has 0 saturated carbocycles. The van der Waals surface area contributed by atoms with Gasteiger partial charge in [-0.15, -0.1) is 0 Å². The molecule has 2 heterocycles. The minimum atomic E-state index is -3.56. The van der Waals surface area contributed by atoms with Gasteiger partial charge in [0.05, 0.1) is 17.6 Å². The molecule has 8 heteroatoms. The molecule has 1 fully saturated rings. The lowest BCUT2D eigenvalue weighted by molar-refractivity contribution is -0.136. The van der Waals surface area contributed by atoms with Gasteiger partial charge in [-0.1, -0.05) is 12.1 Å². The highest BCUT2D eigenvalue weighted by Crippen LogP contribution is 2.22. The molecule has 1 aromatic rings. The van der Waals surface area contributed by atoms with Gasteiger partial charge in [0.1, 0.15) is 12.4 Å². The second-order valence-electron chi connectivity index (χ2n) is 5.29. The Morgan fingerprint density at radius 3 is 3.00 bits per heavy atom. The van der Waals surface area contributed by atoms with E-state index < -0.39 is 10.0 Å². The lowest BCUT2D eigenvalue weighted by atomic mass is 10.2. The van der Waals surface area contributed by atoms with Gasteiger partial charge < -0.3 is 9.64 Å². The molecular formula is C14H17N3O4S. The molecular weight excluding hydrogens is 306 g/mol. The number of sulfonamides is 1. The number of carbonyl (C=O) groups is 1. The minimum Gasteiger partial charge on any atom is -0.375 e. The van der Waals surface area contributed by atoms with Crippen LogP contribution in [0.4, 0.5) is 0 Å². The van der Waals surface area contributed by atoms with Crippen LogP contribution in [0.15, 0.2) is 34.2 Å². The van der Waals surface area contributed by atoms with Crippen molar-refractivity contribution in [2.75, 3.05) is 26.2 Å². The van der Waals surface area contributed by atoms with Crippen LogP contribution in [0.2, 0.25) is 0 Å². The van der Waals surface area contributed by atoms with E-state index >= 15 is 0 Å². The van der Waals surface area contributed by atoms with Crippen molar-refractivity contribution >= 4 is 21.8 Å². The molecule has 0 radical (unpaired) electrons. The molecule has 2 aliphatic heterocycles. The fourth-order valence-electron chi connectivity index (χ4n) is 2.54. The number of fused-ring (bicyclic) bond motifs is 1. The zero-order chi connectivity index (χ0) is 15.7. The van der Waals surface area contributed by atoms with Gasteiger partial charge in [-0.05, 0) is 19.1 Å². The smallest absolute Gasteiger partial charge is 0.263 e. The normalized spacial score (nSPS) is 24.9. The molecule has 1 amide bonds. The number of amides is 1. The van der Waals surface area contributed by atoms with Gasteiger partial charge in [-0.2, -0.15) is 0 Å². The van der Waals surface area contributed by atoms with E-state index in [9.17, 15) is 13.2 Å². The number of hydrogen-bond acceptors (Lipinski definition) is 5. The van der Waals surface area contributed by atoms with Crippen molar-refractivity contribution in [1.29, 1.82) is 0 Å². The third-order valence-electron chi connectivity index (χ3n) is 3.63. The molecule has 1 N–H and O–H groups in total. The first-order valence-electron chi connectivity index (χ1n) is 7.03. The van der Waals surface area contributed by atoms with Crippen LogP contribution in [0.25, 0.3) is 0 Å². The second-order valence-corrected chi connectivity index (χ2v) is 6.94. The maximum absolute atomic E-state index is 12.2. The fraction of sp³-hybridized carbons (Fsp3) is 0.429.